The highest BCUT2D eigenvalue weighted by Crippen LogP contribution is 2.36. The van der Waals surface area contributed by atoms with Crippen LogP contribution in [0.5, 0.6) is 5.75 Å². The Morgan fingerprint density at radius 2 is 1.67 bits per heavy atom. The number of hydrogen-bond acceptors (Lipinski definition) is 7. The first-order valence-corrected chi connectivity index (χ1v) is 17.1. The van der Waals surface area contributed by atoms with Crippen LogP contribution in [0.2, 0.25) is 0 Å². The zero-order valence-corrected chi connectivity index (χ0v) is 27.7. The molecule has 0 bridgehead atoms. The molecule has 0 aliphatic carbocycles. The normalized spacial score (nSPS) is 16.2. The van der Waals surface area contributed by atoms with Gasteiger partial charge in [0.15, 0.2) is 4.80 Å². The molecule has 4 heterocycles. The summed E-state index contributed by atoms with van der Waals surface area (Å²) in [5.74, 6) is 0.256. The number of aromatic nitrogens is 2. The van der Waals surface area contributed by atoms with Crippen LogP contribution in [0.25, 0.3) is 22.7 Å². The maximum absolute atomic E-state index is 14.5. The number of para-hydroxylation sites is 1. The molecule has 1 fully saturated rings. The van der Waals surface area contributed by atoms with E-state index in [0.29, 0.717) is 33.0 Å². The summed E-state index contributed by atoms with van der Waals surface area (Å²) >= 11 is 1.28. The Labute approximate surface area is 281 Å². The van der Waals surface area contributed by atoms with Crippen molar-refractivity contribution in [3.8, 4) is 5.75 Å². The Hall–Kier alpha value is -5.22. The molecule has 1 amide bonds. The van der Waals surface area contributed by atoms with Crippen molar-refractivity contribution in [3.63, 3.8) is 0 Å². The molecule has 0 N–H and O–H groups in total. The second-order valence-electron chi connectivity index (χ2n) is 11.8. The Morgan fingerprint density at radius 1 is 0.938 bits per heavy atom. The molecule has 2 aliphatic rings. The van der Waals surface area contributed by atoms with Gasteiger partial charge in [0, 0.05) is 41.3 Å². The van der Waals surface area contributed by atoms with Crippen LogP contribution in [-0.4, -0.2) is 52.2 Å². The van der Waals surface area contributed by atoms with E-state index in [2.05, 4.69) is 0 Å². The summed E-state index contributed by atoms with van der Waals surface area (Å²) in [4.78, 5) is 48.7. The average Bonchev–Trinajstić information content (AvgIpc) is 3.84. The molecule has 7 rings (SSSR count). The highest BCUT2D eigenvalue weighted by molar-refractivity contribution is 7.07. The second-order valence-corrected chi connectivity index (χ2v) is 12.8. The van der Waals surface area contributed by atoms with Gasteiger partial charge in [-0.05, 0) is 56.5 Å². The second kappa shape index (κ2) is 13.5. The zero-order valence-electron chi connectivity index (χ0n) is 26.9. The predicted octanol–water partition coefficient (Wildman–Crippen LogP) is 4.91. The third kappa shape index (κ3) is 5.88. The summed E-state index contributed by atoms with van der Waals surface area (Å²) in [7, 11) is 0. The minimum absolute atomic E-state index is 0.0921. The van der Waals surface area contributed by atoms with Crippen LogP contribution in [0.1, 0.15) is 49.4 Å². The number of carbonyl (C=O) groups excluding carboxylic acids is 2. The number of carbonyl (C=O) groups is 2. The maximum Gasteiger partial charge on any atom is 0.338 e. The Bertz CT molecular complexity index is 2210. The van der Waals surface area contributed by atoms with Gasteiger partial charge in [-0.25, -0.2) is 9.79 Å². The summed E-state index contributed by atoms with van der Waals surface area (Å²) in [5, 5.41) is 0.942. The molecule has 0 spiro atoms. The van der Waals surface area contributed by atoms with Crippen molar-refractivity contribution in [2.24, 2.45) is 4.99 Å². The highest BCUT2D eigenvalue weighted by Gasteiger charge is 2.35. The van der Waals surface area contributed by atoms with E-state index < -0.39 is 12.0 Å². The smallest absolute Gasteiger partial charge is 0.338 e. The van der Waals surface area contributed by atoms with Gasteiger partial charge < -0.3 is 18.9 Å². The lowest BCUT2D eigenvalue weighted by Crippen LogP contribution is -2.40. The van der Waals surface area contributed by atoms with Crippen LogP contribution in [0, 0.1) is 0 Å². The van der Waals surface area contributed by atoms with Crippen LogP contribution in [0.3, 0.4) is 0 Å². The Morgan fingerprint density at radius 3 is 2.40 bits per heavy atom. The summed E-state index contributed by atoms with van der Waals surface area (Å²) in [6, 6.07) is 24.1. The molecule has 2 aliphatic heterocycles. The molecule has 5 aromatic rings. The van der Waals surface area contributed by atoms with Gasteiger partial charge in [0.05, 0.1) is 35.1 Å². The number of esters is 1. The first-order chi connectivity index (χ1) is 23.5. The number of nitrogens with zero attached hydrogens (tertiary/aromatic N) is 4. The van der Waals surface area contributed by atoms with E-state index >= 15 is 0 Å². The lowest BCUT2D eigenvalue weighted by atomic mass is 9.93. The number of rotatable bonds is 9. The molecular formula is C38H36N4O5S. The number of hydrogen-bond donors (Lipinski definition) is 0. The monoisotopic (exact) mass is 660 g/mol. The minimum atomic E-state index is -0.784. The van der Waals surface area contributed by atoms with Gasteiger partial charge in [0.2, 0.25) is 5.91 Å². The molecule has 9 nitrogen and oxygen atoms in total. The lowest BCUT2D eigenvalue weighted by molar-refractivity contribution is -0.139. The van der Waals surface area contributed by atoms with Crippen molar-refractivity contribution in [3.05, 3.63) is 127 Å². The molecule has 244 valence electrons. The summed E-state index contributed by atoms with van der Waals surface area (Å²) in [5.41, 5.74) is 3.73. The van der Waals surface area contributed by atoms with Gasteiger partial charge >= 0.3 is 5.97 Å². The molecule has 0 radical (unpaired) electrons. The highest BCUT2D eigenvalue weighted by atomic mass is 32.1. The maximum atomic E-state index is 14.5. The quantitative estimate of drug-likeness (QED) is 0.210. The van der Waals surface area contributed by atoms with Crippen molar-refractivity contribution in [2.45, 2.75) is 39.3 Å². The van der Waals surface area contributed by atoms with Gasteiger partial charge in [0.25, 0.3) is 5.56 Å². The summed E-state index contributed by atoms with van der Waals surface area (Å²) < 4.78 is 15.3. The van der Waals surface area contributed by atoms with E-state index in [1.165, 1.54) is 11.3 Å². The minimum Gasteiger partial charge on any atom is -0.494 e. The van der Waals surface area contributed by atoms with Gasteiger partial charge in [0.1, 0.15) is 12.3 Å². The number of ether oxygens (including phenoxy) is 2. The van der Waals surface area contributed by atoms with Crippen molar-refractivity contribution in [1.82, 2.24) is 14.0 Å². The molecule has 0 saturated carbocycles. The van der Waals surface area contributed by atoms with Crippen LogP contribution in [0.15, 0.2) is 100 Å². The van der Waals surface area contributed by atoms with Gasteiger partial charge in [-0.2, -0.15) is 0 Å². The molecule has 2 aromatic heterocycles. The fourth-order valence-electron chi connectivity index (χ4n) is 6.54. The van der Waals surface area contributed by atoms with E-state index in [4.69, 9.17) is 14.5 Å². The van der Waals surface area contributed by atoms with Crippen LogP contribution >= 0.6 is 11.3 Å². The Balaban J connectivity index is 1.41. The van der Waals surface area contributed by atoms with Crippen molar-refractivity contribution in [2.75, 3.05) is 26.3 Å². The fourth-order valence-corrected chi connectivity index (χ4v) is 7.54. The van der Waals surface area contributed by atoms with Gasteiger partial charge in [-0.15, -0.1) is 0 Å². The molecule has 0 unspecified atom stereocenters. The molecule has 1 saturated heterocycles. The third-order valence-electron chi connectivity index (χ3n) is 8.75. The van der Waals surface area contributed by atoms with E-state index in [1.54, 1.807) is 11.5 Å². The standard InChI is InChI=1S/C38H36N4O5S/c1-3-46-28-18-16-26(17-19-28)35-33(37(45)47-4-2)34(25-12-6-5-7-13-25)39-38-42(35)36(44)31(48-38)22-27-23-41(30-15-9-8-14-29(27)30)24-32(43)40-20-10-11-21-40/h5-9,12-19,22-23,35H,3-4,10-11,20-21,24H2,1-2H3/b31-22-/t35-/m1/s1. The van der Waals surface area contributed by atoms with E-state index in [-0.39, 0.29) is 24.6 Å². The summed E-state index contributed by atoms with van der Waals surface area (Å²) in [6.07, 6.45) is 5.88. The Kier molecular flexibility index (Phi) is 8.82. The molecular weight excluding hydrogens is 625 g/mol. The number of thiazole rings is 1. The summed E-state index contributed by atoms with van der Waals surface area (Å²) in [6.45, 7) is 6.19. The molecule has 1 atom stereocenters. The van der Waals surface area contributed by atoms with Crippen molar-refractivity contribution in [1.29, 1.82) is 0 Å². The van der Waals surface area contributed by atoms with Gasteiger partial charge in [-0.3, -0.25) is 14.2 Å². The SMILES string of the molecule is CCOC(=O)C1=C(c2ccccc2)N=c2s/c(=C\c3cn(CC(=O)N4CCCC4)c4ccccc34)c(=O)n2[C@@H]1c1ccc(OCC)cc1. The predicted molar refractivity (Wildman–Crippen MR) is 186 cm³/mol. The van der Waals surface area contributed by atoms with Crippen molar-refractivity contribution >= 4 is 45.9 Å². The van der Waals surface area contributed by atoms with E-state index in [9.17, 15) is 14.4 Å². The number of amides is 1. The molecule has 3 aromatic carbocycles. The lowest BCUT2D eigenvalue weighted by Gasteiger charge is -2.26. The fraction of sp³-hybridized carbons (Fsp3) is 0.263. The first kappa shape index (κ1) is 31.4. The largest absolute Gasteiger partial charge is 0.494 e. The van der Waals surface area contributed by atoms with Crippen LogP contribution < -0.4 is 19.6 Å². The van der Waals surface area contributed by atoms with Crippen LogP contribution in [-0.2, 0) is 20.9 Å². The zero-order chi connectivity index (χ0) is 33.2. The number of likely N-dealkylation sites (tertiary alicyclic amines) is 1. The van der Waals surface area contributed by atoms with Gasteiger partial charge in [-0.1, -0.05) is 72.0 Å². The molecule has 48 heavy (non-hydrogen) atoms. The first-order valence-electron chi connectivity index (χ1n) is 16.3. The number of benzene rings is 3. The van der Waals surface area contributed by atoms with Crippen LogP contribution in [0.4, 0.5) is 0 Å². The van der Waals surface area contributed by atoms with E-state index in [0.717, 1.165) is 53.5 Å². The van der Waals surface area contributed by atoms with Crippen molar-refractivity contribution < 1.29 is 19.1 Å². The average molecular weight is 661 g/mol. The number of fused-ring (bicyclic) bond motifs is 2. The third-order valence-corrected chi connectivity index (χ3v) is 9.73. The molecule has 10 heteroatoms. The topological polar surface area (TPSA) is 95.1 Å². The van der Waals surface area contributed by atoms with E-state index in [1.807, 2.05) is 108 Å².